The molecule has 120 valence electrons. The Morgan fingerprint density at radius 3 is 2.13 bits per heavy atom. The highest BCUT2D eigenvalue weighted by atomic mass is 32.2. The second-order valence-corrected chi connectivity index (χ2v) is 7.03. The van der Waals surface area contributed by atoms with Gasteiger partial charge in [-0.15, -0.1) is 0 Å². The van der Waals surface area contributed by atoms with Crippen molar-refractivity contribution in [1.82, 2.24) is 0 Å². The summed E-state index contributed by atoms with van der Waals surface area (Å²) in [6, 6.07) is 14.2. The average molecular weight is 332 g/mol. The molecule has 0 aliphatic carbocycles. The van der Waals surface area contributed by atoms with E-state index in [0.29, 0.717) is 5.56 Å². The Morgan fingerprint density at radius 2 is 1.52 bits per heavy atom. The molecule has 5 nitrogen and oxygen atoms in total. The van der Waals surface area contributed by atoms with E-state index < -0.39 is 21.9 Å². The number of hydrogen-bond acceptors (Lipinski definition) is 5. The van der Waals surface area contributed by atoms with Crippen LogP contribution in [-0.2, 0) is 14.6 Å². The quantitative estimate of drug-likeness (QED) is 0.621. The van der Waals surface area contributed by atoms with Crippen LogP contribution in [0.25, 0.3) is 0 Å². The van der Waals surface area contributed by atoms with Crippen LogP contribution in [0.5, 0.6) is 0 Å². The van der Waals surface area contributed by atoms with E-state index in [1.807, 2.05) is 0 Å². The molecule has 1 atom stereocenters. The molecule has 23 heavy (non-hydrogen) atoms. The minimum Gasteiger partial charge on any atom is -0.451 e. The van der Waals surface area contributed by atoms with Gasteiger partial charge < -0.3 is 4.74 Å². The number of sulfone groups is 1. The van der Waals surface area contributed by atoms with Gasteiger partial charge in [0.1, 0.15) is 0 Å². The average Bonchev–Trinajstić information content (AvgIpc) is 2.54. The van der Waals surface area contributed by atoms with Gasteiger partial charge in [0, 0.05) is 11.8 Å². The number of carbonyl (C=O) groups excluding carboxylic acids is 2. The fourth-order valence-electron chi connectivity index (χ4n) is 2.07. The molecule has 2 aromatic rings. The second kappa shape index (κ2) is 6.75. The normalized spacial score (nSPS) is 12.4. The van der Waals surface area contributed by atoms with Crippen LogP contribution in [0.2, 0.25) is 0 Å². The molecule has 0 aliphatic rings. The van der Waals surface area contributed by atoms with Crippen LogP contribution in [0.4, 0.5) is 0 Å². The monoisotopic (exact) mass is 332 g/mol. The lowest BCUT2D eigenvalue weighted by Gasteiger charge is -2.13. The molecule has 0 unspecified atom stereocenters. The first-order valence-corrected chi connectivity index (χ1v) is 8.79. The van der Waals surface area contributed by atoms with Crippen LogP contribution in [0.3, 0.4) is 0 Å². The van der Waals surface area contributed by atoms with Crippen molar-refractivity contribution >= 4 is 21.6 Å². The van der Waals surface area contributed by atoms with Crippen LogP contribution in [0, 0.1) is 0 Å². The molecule has 0 amide bonds. The Bertz CT molecular complexity index is 825. The van der Waals surface area contributed by atoms with Crippen molar-refractivity contribution in [2.24, 2.45) is 0 Å². The first-order valence-electron chi connectivity index (χ1n) is 6.90. The van der Waals surface area contributed by atoms with Gasteiger partial charge in [-0.1, -0.05) is 42.5 Å². The highest BCUT2D eigenvalue weighted by Gasteiger charge is 2.24. The fraction of sp³-hybridized carbons (Fsp3) is 0.176. The summed E-state index contributed by atoms with van der Waals surface area (Å²) in [7, 11) is -3.57. The largest absolute Gasteiger partial charge is 0.451 e. The molecule has 0 radical (unpaired) electrons. The summed E-state index contributed by atoms with van der Waals surface area (Å²) in [6.07, 6.45) is -0.00462. The number of benzene rings is 2. The van der Waals surface area contributed by atoms with E-state index in [2.05, 4.69) is 0 Å². The summed E-state index contributed by atoms with van der Waals surface area (Å²) in [5, 5.41) is 0. The summed E-state index contributed by atoms with van der Waals surface area (Å²) < 4.78 is 28.6. The predicted octanol–water partition coefficient (Wildman–Crippen LogP) is 2.52. The van der Waals surface area contributed by atoms with Crippen molar-refractivity contribution in [2.75, 3.05) is 6.26 Å². The van der Waals surface area contributed by atoms with E-state index in [-0.39, 0.29) is 16.2 Å². The minimum atomic E-state index is -3.57. The Morgan fingerprint density at radius 1 is 0.957 bits per heavy atom. The molecule has 0 saturated heterocycles. The molecule has 0 saturated carbocycles. The van der Waals surface area contributed by atoms with E-state index in [4.69, 9.17) is 4.74 Å². The van der Waals surface area contributed by atoms with E-state index in [1.165, 1.54) is 31.2 Å². The highest BCUT2D eigenvalue weighted by Crippen LogP contribution is 2.17. The van der Waals surface area contributed by atoms with Crippen molar-refractivity contribution in [3.63, 3.8) is 0 Å². The predicted molar refractivity (Wildman–Crippen MR) is 85.2 cm³/mol. The van der Waals surface area contributed by atoms with Crippen molar-refractivity contribution in [3.05, 3.63) is 65.7 Å². The van der Waals surface area contributed by atoms with Gasteiger partial charge in [-0.2, -0.15) is 0 Å². The summed E-state index contributed by atoms with van der Waals surface area (Å²) in [5.41, 5.74) is 0.340. The Balaban J connectivity index is 2.22. The third kappa shape index (κ3) is 4.04. The number of esters is 1. The summed E-state index contributed by atoms with van der Waals surface area (Å²) in [6.45, 7) is 1.45. The first kappa shape index (κ1) is 16.9. The lowest BCUT2D eigenvalue weighted by atomic mass is 10.1. The van der Waals surface area contributed by atoms with Crippen LogP contribution < -0.4 is 0 Å². The Hall–Kier alpha value is -2.47. The van der Waals surface area contributed by atoms with Crippen molar-refractivity contribution in [3.8, 4) is 0 Å². The van der Waals surface area contributed by atoms with Crippen molar-refractivity contribution < 1.29 is 22.7 Å². The standard InChI is InChI=1S/C17H16O5S/c1-12(16(18)13-8-4-3-5-9-13)22-17(19)14-10-6-7-11-15(14)23(2,20)21/h3-12H,1-2H3/t12-/m1/s1. The molecule has 2 aromatic carbocycles. The fourth-order valence-corrected chi connectivity index (χ4v) is 2.95. The maximum Gasteiger partial charge on any atom is 0.340 e. The molecule has 0 aromatic heterocycles. The van der Waals surface area contributed by atoms with E-state index in [0.717, 1.165) is 6.26 Å². The summed E-state index contributed by atoms with van der Waals surface area (Å²) in [5.74, 6) is -1.20. The smallest absolute Gasteiger partial charge is 0.340 e. The van der Waals surface area contributed by atoms with Gasteiger partial charge in [-0.25, -0.2) is 13.2 Å². The van der Waals surface area contributed by atoms with Gasteiger partial charge >= 0.3 is 5.97 Å². The lowest BCUT2D eigenvalue weighted by molar-refractivity contribution is 0.0315. The Labute approximate surface area is 134 Å². The maximum absolute atomic E-state index is 12.2. The number of hydrogen-bond donors (Lipinski definition) is 0. The van der Waals surface area contributed by atoms with Crippen LogP contribution >= 0.6 is 0 Å². The minimum absolute atomic E-state index is 0.0808. The van der Waals surface area contributed by atoms with Gasteiger partial charge in [-0.3, -0.25) is 4.79 Å². The molecule has 0 heterocycles. The lowest BCUT2D eigenvalue weighted by Crippen LogP contribution is -2.25. The van der Waals surface area contributed by atoms with Crippen LogP contribution in [0.15, 0.2) is 59.5 Å². The van der Waals surface area contributed by atoms with Gasteiger partial charge in [0.15, 0.2) is 15.9 Å². The maximum atomic E-state index is 12.2. The summed E-state index contributed by atoms with van der Waals surface area (Å²) >= 11 is 0. The SMILES string of the molecule is C[C@@H](OC(=O)c1ccccc1S(C)(=O)=O)C(=O)c1ccccc1. The van der Waals surface area contributed by atoms with Crippen molar-refractivity contribution in [2.45, 2.75) is 17.9 Å². The number of rotatable bonds is 5. The topological polar surface area (TPSA) is 77.5 Å². The van der Waals surface area contributed by atoms with E-state index >= 15 is 0 Å². The molecule has 0 fully saturated rings. The molecular formula is C17H16O5S. The number of ketones is 1. The molecule has 6 heteroatoms. The van der Waals surface area contributed by atoms with Crippen LogP contribution in [-0.4, -0.2) is 32.5 Å². The van der Waals surface area contributed by atoms with Crippen LogP contribution in [0.1, 0.15) is 27.6 Å². The molecular weight excluding hydrogens is 316 g/mol. The molecule has 0 spiro atoms. The number of Topliss-reactive ketones (excluding diaryl/α,β-unsaturated/α-hetero) is 1. The third-order valence-corrected chi connectivity index (χ3v) is 4.37. The molecule has 0 N–H and O–H groups in total. The van der Waals surface area contributed by atoms with E-state index in [1.54, 1.807) is 30.3 Å². The molecule has 0 aliphatic heterocycles. The molecule has 0 bridgehead atoms. The number of ether oxygens (including phenoxy) is 1. The van der Waals surface area contributed by atoms with Gasteiger partial charge in [0.25, 0.3) is 0 Å². The second-order valence-electron chi connectivity index (χ2n) is 5.05. The molecule has 2 rings (SSSR count). The number of carbonyl (C=O) groups is 2. The zero-order chi connectivity index (χ0) is 17.0. The van der Waals surface area contributed by atoms with Gasteiger partial charge in [0.05, 0.1) is 10.5 Å². The van der Waals surface area contributed by atoms with Crippen molar-refractivity contribution in [1.29, 1.82) is 0 Å². The third-order valence-electron chi connectivity index (χ3n) is 3.22. The highest BCUT2D eigenvalue weighted by molar-refractivity contribution is 7.90. The van der Waals surface area contributed by atoms with E-state index in [9.17, 15) is 18.0 Å². The Kier molecular flexibility index (Phi) is 4.95. The summed E-state index contributed by atoms with van der Waals surface area (Å²) in [4.78, 5) is 24.3. The van der Waals surface area contributed by atoms with Gasteiger partial charge in [-0.05, 0) is 19.1 Å². The zero-order valence-electron chi connectivity index (χ0n) is 12.7. The van der Waals surface area contributed by atoms with Gasteiger partial charge in [0.2, 0.25) is 5.78 Å². The first-order chi connectivity index (χ1) is 10.8. The zero-order valence-corrected chi connectivity index (χ0v) is 13.5.